The first-order valence-corrected chi connectivity index (χ1v) is 9.07. The van der Waals surface area contributed by atoms with Gasteiger partial charge < -0.3 is 52.8 Å². The first-order valence-electron chi connectivity index (χ1n) is 7.71. The summed E-state index contributed by atoms with van der Waals surface area (Å²) in [6.45, 7) is -2.88. The Morgan fingerprint density at radius 1 is 0.929 bits per heavy atom. The molecule has 0 bridgehead atoms. The van der Waals surface area contributed by atoms with Gasteiger partial charge in [0.15, 0.2) is 12.4 Å². The molecule has 0 aromatic carbocycles. The first-order chi connectivity index (χ1) is 12.5. The number of ether oxygens (including phenoxy) is 3. The number of hydrogen-bond acceptors (Lipinski definition) is 13. The fourth-order valence-electron chi connectivity index (χ4n) is 2.88. The Kier molecular flexibility index (Phi) is 9.90. The van der Waals surface area contributed by atoms with Crippen LogP contribution in [0.15, 0.2) is 0 Å². The molecule has 164 valence electrons. The van der Waals surface area contributed by atoms with Gasteiger partial charge in [-0.25, -0.2) is 4.18 Å². The SMILES string of the molecule is O=S(=O)(O)O[C@H]1[C@H](O)[C@@H](CO)O[C@@]1(CO)O[C@H]1O[C@H](CO)[C@@H](O)[C@H](O)[C@H]1O.[Ca+2].[H-].[H-]. The van der Waals surface area contributed by atoms with Crippen LogP contribution in [0, 0.1) is 0 Å². The molecule has 0 amide bonds. The summed E-state index contributed by atoms with van der Waals surface area (Å²) in [5.41, 5.74) is 0. The molecule has 9 atom stereocenters. The Bertz CT molecular complexity index is 614. The number of aliphatic hydroxyl groups is 7. The molecule has 0 radical (unpaired) electrons. The molecule has 2 aliphatic rings. The molecule has 0 aliphatic carbocycles. The second-order valence-electron chi connectivity index (χ2n) is 6.06. The third-order valence-corrected chi connectivity index (χ3v) is 4.72. The van der Waals surface area contributed by atoms with Crippen molar-refractivity contribution in [1.29, 1.82) is 0 Å². The zero-order valence-corrected chi connectivity index (χ0v) is 17.4. The fourth-order valence-corrected chi connectivity index (χ4v) is 3.40. The molecule has 2 saturated heterocycles. The normalized spacial score (nSPS) is 44.3. The van der Waals surface area contributed by atoms with Gasteiger partial charge in [-0.1, -0.05) is 0 Å². The van der Waals surface area contributed by atoms with E-state index >= 15 is 0 Å². The summed E-state index contributed by atoms with van der Waals surface area (Å²) in [5.74, 6) is -2.57. The molecular formula is C12H24CaO14S. The standard InChI is InChI=1S/C12H22O14S.Ca.2H/c13-1-4-6(16)8(18)9(19)11(23-4)25-12(3-15)10(26-27(20,21)22)7(17)5(2-14)24-12;;;/h4-11,13-19H,1-3H2,(H,20,21,22);;;/q;+2;2*-1/t4-,5-,6-,7-,8+,9-,10+,11-,12+;;;/m1.../s1. The topological polar surface area (TPSA) is 233 Å². The van der Waals surface area contributed by atoms with Gasteiger partial charge in [0.25, 0.3) is 0 Å². The van der Waals surface area contributed by atoms with Crippen molar-refractivity contribution in [3.05, 3.63) is 0 Å². The van der Waals surface area contributed by atoms with E-state index in [9.17, 15) is 39.1 Å². The van der Waals surface area contributed by atoms with Crippen molar-refractivity contribution < 1.29 is 70.0 Å². The third-order valence-electron chi connectivity index (χ3n) is 4.27. The van der Waals surface area contributed by atoms with Crippen LogP contribution < -0.4 is 0 Å². The van der Waals surface area contributed by atoms with Crippen LogP contribution in [0.2, 0.25) is 0 Å². The average Bonchev–Trinajstić information content (AvgIpc) is 2.86. The molecule has 8 N–H and O–H groups in total. The number of hydrogen-bond donors (Lipinski definition) is 8. The minimum atomic E-state index is -5.19. The van der Waals surface area contributed by atoms with Gasteiger partial charge >= 0.3 is 48.1 Å². The summed E-state index contributed by atoms with van der Waals surface area (Å²) in [4.78, 5) is 0. The Hall–Kier alpha value is 0.730. The van der Waals surface area contributed by atoms with E-state index in [0.717, 1.165) is 0 Å². The quantitative estimate of drug-likeness (QED) is 0.130. The second kappa shape index (κ2) is 10.4. The molecule has 14 nitrogen and oxygen atoms in total. The molecule has 2 heterocycles. The molecular weight excluding hydrogens is 440 g/mol. The van der Waals surface area contributed by atoms with Crippen molar-refractivity contribution in [3.8, 4) is 0 Å². The van der Waals surface area contributed by atoms with Gasteiger partial charge in [-0.3, -0.25) is 4.55 Å². The van der Waals surface area contributed by atoms with Gasteiger partial charge in [-0.05, 0) is 0 Å². The monoisotopic (exact) mass is 464 g/mol. The van der Waals surface area contributed by atoms with Crippen molar-refractivity contribution >= 4 is 48.1 Å². The summed E-state index contributed by atoms with van der Waals surface area (Å²) in [7, 11) is -5.19. The maximum absolute atomic E-state index is 11.1. The molecule has 0 aromatic heterocycles. The summed E-state index contributed by atoms with van der Waals surface area (Å²) < 4.78 is 50.7. The number of aliphatic hydroxyl groups excluding tert-OH is 7. The van der Waals surface area contributed by atoms with Gasteiger partial charge in [-0.15, -0.1) is 0 Å². The van der Waals surface area contributed by atoms with E-state index in [0.29, 0.717) is 0 Å². The first kappa shape index (κ1) is 26.8. The van der Waals surface area contributed by atoms with Crippen LogP contribution in [0.5, 0.6) is 0 Å². The minimum absolute atomic E-state index is 0. The molecule has 16 heteroatoms. The molecule has 2 rings (SSSR count). The van der Waals surface area contributed by atoms with E-state index in [1.54, 1.807) is 0 Å². The third kappa shape index (κ3) is 5.50. The van der Waals surface area contributed by atoms with Crippen molar-refractivity contribution in [2.45, 2.75) is 54.8 Å². The van der Waals surface area contributed by atoms with Crippen LogP contribution in [0.3, 0.4) is 0 Å². The Balaban J connectivity index is 0. The predicted octanol–water partition coefficient (Wildman–Crippen LogP) is -5.72. The molecule has 2 fully saturated rings. The maximum Gasteiger partial charge on any atom is 2.00 e. The van der Waals surface area contributed by atoms with Crippen LogP contribution in [0.25, 0.3) is 0 Å². The molecule has 0 aromatic rings. The molecule has 2 aliphatic heterocycles. The maximum atomic E-state index is 11.1. The largest absolute Gasteiger partial charge is 2.00 e. The van der Waals surface area contributed by atoms with Crippen molar-refractivity contribution in [1.82, 2.24) is 0 Å². The average molecular weight is 464 g/mol. The number of rotatable bonds is 7. The van der Waals surface area contributed by atoms with Gasteiger partial charge in [0, 0.05) is 0 Å². The van der Waals surface area contributed by atoms with Crippen LogP contribution in [-0.4, -0.2) is 161 Å². The van der Waals surface area contributed by atoms with Gasteiger partial charge in [0.05, 0.1) is 13.2 Å². The van der Waals surface area contributed by atoms with E-state index in [1.807, 2.05) is 0 Å². The summed E-state index contributed by atoms with van der Waals surface area (Å²) in [5, 5.41) is 67.6. The van der Waals surface area contributed by atoms with Gasteiger partial charge in [0.1, 0.15) is 43.2 Å². The van der Waals surface area contributed by atoms with Crippen LogP contribution in [-0.2, 0) is 28.8 Å². The van der Waals surface area contributed by atoms with Gasteiger partial charge in [0.2, 0.25) is 5.79 Å². The van der Waals surface area contributed by atoms with E-state index in [1.165, 1.54) is 0 Å². The fraction of sp³-hybridized carbons (Fsp3) is 1.00. The summed E-state index contributed by atoms with van der Waals surface area (Å²) >= 11 is 0. The Morgan fingerprint density at radius 3 is 1.96 bits per heavy atom. The molecule has 28 heavy (non-hydrogen) atoms. The smallest absolute Gasteiger partial charge is 1.00 e. The van der Waals surface area contributed by atoms with E-state index in [2.05, 4.69) is 4.18 Å². The van der Waals surface area contributed by atoms with Crippen molar-refractivity contribution in [2.75, 3.05) is 19.8 Å². The minimum Gasteiger partial charge on any atom is -1.00 e. The predicted molar refractivity (Wildman–Crippen MR) is 87.0 cm³/mol. The summed E-state index contributed by atoms with van der Waals surface area (Å²) in [6.07, 6.45) is -14.4. The van der Waals surface area contributed by atoms with E-state index in [4.69, 9.17) is 23.9 Å². The van der Waals surface area contributed by atoms with E-state index < -0.39 is 85.0 Å². The van der Waals surface area contributed by atoms with Crippen LogP contribution in [0.1, 0.15) is 2.85 Å². The summed E-state index contributed by atoms with van der Waals surface area (Å²) in [6, 6.07) is 0. The van der Waals surface area contributed by atoms with Crippen molar-refractivity contribution in [2.24, 2.45) is 0 Å². The van der Waals surface area contributed by atoms with Gasteiger partial charge in [-0.2, -0.15) is 8.42 Å². The molecule has 0 spiro atoms. The second-order valence-corrected chi connectivity index (χ2v) is 7.11. The molecule has 0 unspecified atom stereocenters. The van der Waals surface area contributed by atoms with Crippen LogP contribution >= 0.6 is 0 Å². The Labute approximate surface area is 192 Å². The molecule has 0 saturated carbocycles. The zero-order chi connectivity index (χ0) is 20.6. The van der Waals surface area contributed by atoms with E-state index in [-0.39, 0.29) is 40.6 Å². The van der Waals surface area contributed by atoms with Crippen molar-refractivity contribution in [3.63, 3.8) is 0 Å². The zero-order valence-electron chi connectivity index (χ0n) is 16.4. The van der Waals surface area contributed by atoms with Crippen LogP contribution in [0.4, 0.5) is 0 Å². The Morgan fingerprint density at radius 2 is 1.50 bits per heavy atom.